The lowest BCUT2D eigenvalue weighted by Crippen LogP contribution is -2.37. The van der Waals surface area contributed by atoms with Crippen LogP contribution in [0, 0.1) is 0 Å². The van der Waals surface area contributed by atoms with Crippen LogP contribution in [0.25, 0.3) is 0 Å². The molecule has 0 aliphatic carbocycles. The number of nitrogens with zero attached hydrogens (tertiary/aromatic N) is 1. The van der Waals surface area contributed by atoms with Crippen LogP contribution in [-0.4, -0.2) is 70.0 Å². The molecule has 0 amide bonds. The van der Waals surface area contributed by atoms with Crippen molar-refractivity contribution in [1.29, 1.82) is 0 Å². The van der Waals surface area contributed by atoms with Crippen molar-refractivity contribution in [3.8, 4) is 0 Å². The van der Waals surface area contributed by atoms with Crippen LogP contribution in [0.3, 0.4) is 0 Å². The SMILES string of the molecule is CC/C=C\C/C=C\C/C=C\C/C=C\C/C=C\C/C=C\C/C=C\C/C=C\CCCCCCCCCCC(=O)OC(COC(=O)CCCCCCCCCCCCCCC/C=C\C/C=C\C/C=C\C/C=C\C/C=C\CC)COP(=O)([O-])OCC[N+](C)(C)C. The fourth-order valence-electron chi connectivity index (χ4n) is 8.88. The monoisotopic (exact) mass is 1210 g/mol. The van der Waals surface area contributed by atoms with Gasteiger partial charge in [0.15, 0.2) is 6.10 Å². The van der Waals surface area contributed by atoms with Gasteiger partial charge >= 0.3 is 11.9 Å². The van der Waals surface area contributed by atoms with E-state index in [-0.39, 0.29) is 26.1 Å². The number of phosphoric ester groups is 1. The number of hydrogen-bond acceptors (Lipinski definition) is 8. The van der Waals surface area contributed by atoms with Gasteiger partial charge in [0.2, 0.25) is 0 Å². The number of carbonyl (C=O) groups is 2. The van der Waals surface area contributed by atoms with Gasteiger partial charge in [0.25, 0.3) is 7.82 Å². The molecule has 0 aromatic rings. The molecule has 0 saturated heterocycles. The second kappa shape index (κ2) is 65.1. The zero-order valence-corrected chi connectivity index (χ0v) is 56.3. The van der Waals surface area contributed by atoms with Gasteiger partial charge in [-0.3, -0.25) is 14.2 Å². The summed E-state index contributed by atoms with van der Waals surface area (Å²) in [5.74, 6) is -0.851. The Bertz CT molecular complexity index is 2010. The molecular weight excluding hydrogens is 1090 g/mol. The number of rotatable bonds is 61. The summed E-state index contributed by atoms with van der Waals surface area (Å²) < 4.78 is 34.3. The molecule has 0 spiro atoms. The molecule has 0 bridgehead atoms. The fraction of sp³-hybridized carbons (Fsp3) is 0.632. The molecule has 0 radical (unpaired) electrons. The number of esters is 2. The molecule has 0 aromatic carbocycles. The molecule has 86 heavy (non-hydrogen) atoms. The zero-order valence-electron chi connectivity index (χ0n) is 55.4. The zero-order chi connectivity index (χ0) is 62.6. The lowest BCUT2D eigenvalue weighted by Gasteiger charge is -2.28. The van der Waals surface area contributed by atoms with Crippen LogP contribution < -0.4 is 4.89 Å². The summed E-state index contributed by atoms with van der Waals surface area (Å²) in [5.41, 5.74) is 0. The van der Waals surface area contributed by atoms with Crippen LogP contribution in [0.1, 0.15) is 258 Å². The van der Waals surface area contributed by atoms with Crippen molar-refractivity contribution in [1.82, 2.24) is 0 Å². The van der Waals surface area contributed by atoms with Crippen LogP contribution in [-0.2, 0) is 32.7 Å². The smallest absolute Gasteiger partial charge is 0.306 e. The topological polar surface area (TPSA) is 111 Å². The summed E-state index contributed by atoms with van der Waals surface area (Å²) in [6, 6.07) is 0. The lowest BCUT2D eigenvalue weighted by molar-refractivity contribution is -0.870. The number of unbranched alkanes of at least 4 members (excludes halogenated alkanes) is 21. The van der Waals surface area contributed by atoms with E-state index in [9.17, 15) is 19.0 Å². The van der Waals surface area contributed by atoms with E-state index < -0.39 is 32.5 Å². The van der Waals surface area contributed by atoms with Gasteiger partial charge in [-0.05, 0) is 122 Å². The minimum atomic E-state index is -4.66. The molecule has 9 nitrogen and oxygen atoms in total. The first-order valence-electron chi connectivity index (χ1n) is 34.2. The third kappa shape index (κ3) is 68.7. The predicted octanol–water partition coefficient (Wildman–Crippen LogP) is 21.7. The Hall–Kier alpha value is -4.37. The Labute approximate surface area is 528 Å². The molecule has 0 aliphatic heterocycles. The third-order valence-electron chi connectivity index (χ3n) is 14.0. The maximum atomic E-state index is 12.9. The predicted molar refractivity (Wildman–Crippen MR) is 369 cm³/mol. The van der Waals surface area contributed by atoms with E-state index in [0.29, 0.717) is 17.4 Å². The van der Waals surface area contributed by atoms with Crippen LogP contribution in [0.5, 0.6) is 0 Å². The van der Waals surface area contributed by atoms with Gasteiger partial charge in [0.1, 0.15) is 19.8 Å². The Kier molecular flexibility index (Phi) is 61.8. The van der Waals surface area contributed by atoms with Gasteiger partial charge in [-0.2, -0.15) is 0 Å². The van der Waals surface area contributed by atoms with Gasteiger partial charge in [0, 0.05) is 12.8 Å². The minimum absolute atomic E-state index is 0.0406. The molecule has 0 N–H and O–H groups in total. The summed E-state index contributed by atoms with van der Waals surface area (Å²) in [7, 11) is 1.14. The molecule has 0 rings (SSSR count). The quantitative estimate of drug-likeness (QED) is 0.0195. The van der Waals surface area contributed by atoms with Crippen LogP contribution in [0.4, 0.5) is 0 Å². The fourth-order valence-corrected chi connectivity index (χ4v) is 9.60. The third-order valence-corrected chi connectivity index (χ3v) is 15.0. The summed E-state index contributed by atoms with van der Waals surface area (Å²) in [6.07, 6.45) is 97.3. The average Bonchev–Trinajstić information content (AvgIpc) is 3.70. The first-order valence-corrected chi connectivity index (χ1v) is 35.7. The number of allylic oxidation sites excluding steroid dienone is 26. The maximum Gasteiger partial charge on any atom is 0.306 e. The van der Waals surface area contributed by atoms with Crippen molar-refractivity contribution in [3.63, 3.8) is 0 Å². The highest BCUT2D eigenvalue weighted by molar-refractivity contribution is 7.45. The van der Waals surface area contributed by atoms with Crippen LogP contribution >= 0.6 is 7.82 Å². The summed E-state index contributed by atoms with van der Waals surface area (Å²) in [4.78, 5) is 38.1. The molecule has 2 unspecified atom stereocenters. The molecule has 0 saturated carbocycles. The first kappa shape index (κ1) is 81.6. The Morgan fingerprint density at radius 1 is 0.360 bits per heavy atom. The Balaban J connectivity index is 4.14. The molecule has 0 heterocycles. The molecule has 10 heteroatoms. The number of hydrogen-bond donors (Lipinski definition) is 0. The highest BCUT2D eigenvalue weighted by Gasteiger charge is 2.22. The maximum absolute atomic E-state index is 12.9. The summed E-state index contributed by atoms with van der Waals surface area (Å²) >= 11 is 0. The van der Waals surface area contributed by atoms with Crippen molar-refractivity contribution in [3.05, 3.63) is 158 Å². The number of likely N-dealkylation sites (N-methyl/N-ethyl adjacent to an activating group) is 1. The Morgan fingerprint density at radius 3 is 0.930 bits per heavy atom. The van der Waals surface area contributed by atoms with Crippen molar-refractivity contribution in [2.45, 2.75) is 264 Å². The summed E-state index contributed by atoms with van der Waals surface area (Å²) in [6.45, 7) is 4.00. The second-order valence-corrected chi connectivity index (χ2v) is 24.8. The molecule has 488 valence electrons. The highest BCUT2D eigenvalue weighted by Crippen LogP contribution is 2.38. The molecule has 0 aromatic heterocycles. The average molecular weight is 1210 g/mol. The molecule has 0 fully saturated rings. The highest BCUT2D eigenvalue weighted by atomic mass is 31.2. The van der Waals surface area contributed by atoms with E-state index in [2.05, 4.69) is 172 Å². The minimum Gasteiger partial charge on any atom is -0.756 e. The van der Waals surface area contributed by atoms with Gasteiger partial charge in [-0.25, -0.2) is 0 Å². The largest absolute Gasteiger partial charge is 0.756 e. The van der Waals surface area contributed by atoms with E-state index in [4.69, 9.17) is 18.5 Å². The number of carbonyl (C=O) groups excluding carboxylic acids is 2. The Morgan fingerprint density at radius 2 is 0.628 bits per heavy atom. The van der Waals surface area contributed by atoms with Crippen molar-refractivity contribution in [2.75, 3.05) is 47.5 Å². The molecular formula is C76H126NO8P. The number of quaternary nitrogens is 1. The number of ether oxygens (including phenoxy) is 2. The van der Waals surface area contributed by atoms with E-state index in [1.54, 1.807) is 0 Å². The van der Waals surface area contributed by atoms with E-state index in [0.717, 1.165) is 135 Å². The van der Waals surface area contributed by atoms with Crippen LogP contribution in [0.2, 0.25) is 0 Å². The van der Waals surface area contributed by atoms with Crippen molar-refractivity contribution >= 4 is 19.8 Å². The van der Waals surface area contributed by atoms with Gasteiger partial charge in [-0.1, -0.05) is 281 Å². The van der Waals surface area contributed by atoms with E-state index in [1.807, 2.05) is 21.1 Å². The van der Waals surface area contributed by atoms with Gasteiger partial charge in [0.05, 0.1) is 27.7 Å². The summed E-state index contributed by atoms with van der Waals surface area (Å²) in [5, 5.41) is 0. The second-order valence-electron chi connectivity index (χ2n) is 23.4. The van der Waals surface area contributed by atoms with Crippen molar-refractivity contribution < 1.29 is 42.1 Å². The lowest BCUT2D eigenvalue weighted by atomic mass is 10.0. The van der Waals surface area contributed by atoms with Crippen molar-refractivity contribution in [2.24, 2.45) is 0 Å². The normalized spacial score (nSPS) is 14.2. The van der Waals surface area contributed by atoms with E-state index >= 15 is 0 Å². The standard InChI is InChI=1S/C76H126NO8P/c1-6-8-10-12-14-16-18-20-22-24-26-28-30-32-34-36-37-38-39-41-43-45-47-49-51-53-55-57-59-61-63-65-67-69-76(79)85-74(73-84-86(80,81)83-71-70-77(3,4)5)72-82-75(78)68-66-64-62-60-58-56-54-52-50-48-46-44-42-40-35-33-31-29-27-25-23-21-19-17-15-13-11-9-7-2/h8-11,14-17,20-23,26-29,32-35,37-38,41,43,47,49,74H,6-7,12-13,18-19,24-25,30-31,36,39-40,42,44-46,48,50-73H2,1-5H3/b10-8-,11-9-,16-14-,17-15-,22-20-,23-21-,28-26-,29-27-,34-32-,35-33-,38-37-,43-41-,49-47-. The first-order chi connectivity index (χ1) is 42.0. The van der Waals surface area contributed by atoms with Gasteiger partial charge in [-0.15, -0.1) is 0 Å². The van der Waals surface area contributed by atoms with Gasteiger partial charge < -0.3 is 27.9 Å². The van der Waals surface area contributed by atoms with Crippen LogP contribution in [0.15, 0.2) is 158 Å². The molecule has 2 atom stereocenters. The molecule has 0 aliphatic rings. The van der Waals surface area contributed by atoms with E-state index in [1.165, 1.54) is 89.9 Å². The number of phosphoric acid groups is 1.